The Bertz CT molecular complexity index is 1040. The monoisotopic (exact) mass is 394 g/mol. The number of benzene rings is 2. The Morgan fingerprint density at radius 3 is 2.31 bits per heavy atom. The third-order valence-corrected chi connectivity index (χ3v) is 4.54. The maximum Gasteiger partial charge on any atom is 0.342 e. The number of methoxy groups -OCH3 is 2. The molecule has 0 N–H and O–H groups in total. The number of aryl methyl sites for hydroxylation is 1. The van der Waals surface area contributed by atoms with Crippen LogP contribution in [0.4, 0.5) is 0 Å². The molecule has 0 amide bonds. The number of carbonyl (C=O) groups excluding carboxylic acids is 2. The number of Topliss-reactive ketones (excluding diaryl/α,β-unsaturated/α-hetero) is 1. The van der Waals surface area contributed by atoms with Crippen molar-refractivity contribution in [2.45, 2.75) is 13.8 Å². The van der Waals surface area contributed by atoms with Crippen molar-refractivity contribution >= 4 is 11.8 Å². The van der Waals surface area contributed by atoms with Crippen molar-refractivity contribution in [3.8, 4) is 17.2 Å². The molecule has 0 aliphatic rings. The molecule has 7 nitrogen and oxygen atoms in total. The van der Waals surface area contributed by atoms with E-state index in [2.05, 4.69) is 5.10 Å². The zero-order valence-electron chi connectivity index (χ0n) is 16.8. The molecule has 0 atom stereocenters. The van der Waals surface area contributed by atoms with E-state index in [1.54, 1.807) is 36.7 Å². The number of carbonyl (C=O) groups is 2. The van der Waals surface area contributed by atoms with Gasteiger partial charge >= 0.3 is 5.97 Å². The molecule has 3 aromatic rings. The molecule has 1 heterocycles. The van der Waals surface area contributed by atoms with Gasteiger partial charge in [-0.05, 0) is 44.2 Å². The smallest absolute Gasteiger partial charge is 0.342 e. The number of rotatable bonds is 7. The lowest BCUT2D eigenvalue weighted by Crippen LogP contribution is -2.15. The second-order valence-electron chi connectivity index (χ2n) is 6.36. The van der Waals surface area contributed by atoms with Crippen LogP contribution in [0.15, 0.2) is 48.5 Å². The topological polar surface area (TPSA) is 79.7 Å². The Balaban J connectivity index is 1.75. The Morgan fingerprint density at radius 2 is 1.66 bits per heavy atom. The van der Waals surface area contributed by atoms with Crippen LogP contribution in [0.5, 0.6) is 11.5 Å². The SMILES string of the molecule is COc1ccc(C(=O)COC(=O)c2c(C)nn(-c3ccccc3)c2C)cc1OC. The number of para-hydroxylation sites is 1. The number of nitrogens with zero attached hydrogens (tertiary/aromatic N) is 2. The van der Waals surface area contributed by atoms with Crippen molar-refractivity contribution in [3.05, 3.63) is 71.0 Å². The third-order valence-electron chi connectivity index (χ3n) is 4.54. The highest BCUT2D eigenvalue weighted by Gasteiger charge is 2.22. The van der Waals surface area contributed by atoms with Crippen molar-refractivity contribution in [2.75, 3.05) is 20.8 Å². The van der Waals surface area contributed by atoms with Crippen molar-refractivity contribution < 1.29 is 23.8 Å². The Morgan fingerprint density at radius 1 is 0.966 bits per heavy atom. The standard InChI is InChI=1S/C22H22N2O5/c1-14-21(15(2)24(23-14)17-8-6-5-7-9-17)22(26)29-13-18(25)16-10-11-19(27-3)20(12-16)28-4/h5-12H,13H2,1-4H3. The van der Waals surface area contributed by atoms with Crippen LogP contribution in [-0.2, 0) is 4.74 Å². The van der Waals surface area contributed by atoms with Gasteiger partial charge in [0, 0.05) is 5.56 Å². The van der Waals surface area contributed by atoms with Gasteiger partial charge in [0.25, 0.3) is 0 Å². The van der Waals surface area contributed by atoms with Crippen LogP contribution in [0, 0.1) is 13.8 Å². The van der Waals surface area contributed by atoms with E-state index in [9.17, 15) is 9.59 Å². The lowest BCUT2D eigenvalue weighted by molar-refractivity contribution is 0.0473. The Labute approximate surface area is 168 Å². The summed E-state index contributed by atoms with van der Waals surface area (Å²) in [6.45, 7) is 3.14. The van der Waals surface area contributed by atoms with E-state index in [-0.39, 0.29) is 12.4 Å². The molecule has 0 radical (unpaired) electrons. The molecule has 2 aromatic carbocycles. The number of esters is 1. The number of hydrogen-bond acceptors (Lipinski definition) is 6. The molecule has 0 fully saturated rings. The maximum atomic E-state index is 12.6. The molecule has 0 spiro atoms. The minimum absolute atomic E-state index is 0.343. The minimum atomic E-state index is -0.587. The summed E-state index contributed by atoms with van der Waals surface area (Å²) in [5.74, 6) is 0.0159. The number of ether oxygens (including phenoxy) is 3. The zero-order valence-corrected chi connectivity index (χ0v) is 16.8. The van der Waals surface area contributed by atoms with Gasteiger partial charge in [-0.15, -0.1) is 0 Å². The van der Waals surface area contributed by atoms with Crippen LogP contribution in [0.3, 0.4) is 0 Å². The second kappa shape index (κ2) is 8.60. The average molecular weight is 394 g/mol. The molecule has 0 bridgehead atoms. The molecule has 0 unspecified atom stereocenters. The van der Waals surface area contributed by atoms with E-state index in [0.717, 1.165) is 5.69 Å². The van der Waals surface area contributed by atoms with Gasteiger partial charge in [-0.2, -0.15) is 5.10 Å². The van der Waals surface area contributed by atoms with Crippen LogP contribution < -0.4 is 9.47 Å². The van der Waals surface area contributed by atoms with Gasteiger partial charge in [0.05, 0.1) is 31.3 Å². The maximum absolute atomic E-state index is 12.6. The first-order valence-electron chi connectivity index (χ1n) is 9.00. The quantitative estimate of drug-likeness (QED) is 0.450. The third kappa shape index (κ3) is 4.13. The summed E-state index contributed by atoms with van der Waals surface area (Å²) < 4.78 is 17.3. The molecule has 0 aliphatic heterocycles. The summed E-state index contributed by atoms with van der Waals surface area (Å²) in [5, 5.41) is 4.43. The van der Waals surface area contributed by atoms with E-state index in [1.165, 1.54) is 14.2 Å². The lowest BCUT2D eigenvalue weighted by Gasteiger charge is -2.09. The van der Waals surface area contributed by atoms with Crippen LogP contribution in [0.1, 0.15) is 32.1 Å². The van der Waals surface area contributed by atoms with Gasteiger partial charge < -0.3 is 14.2 Å². The summed E-state index contributed by atoms with van der Waals surface area (Å²) in [7, 11) is 3.00. The molecular formula is C22H22N2O5. The molecule has 0 saturated carbocycles. The van der Waals surface area contributed by atoms with Crippen LogP contribution in [-0.4, -0.2) is 42.4 Å². The summed E-state index contributed by atoms with van der Waals surface area (Å²) in [6.07, 6.45) is 0. The van der Waals surface area contributed by atoms with Gasteiger partial charge in [0.1, 0.15) is 5.56 Å². The zero-order chi connectivity index (χ0) is 21.0. The fourth-order valence-corrected chi connectivity index (χ4v) is 3.05. The molecule has 150 valence electrons. The van der Waals surface area contributed by atoms with Gasteiger partial charge in [0.2, 0.25) is 0 Å². The summed E-state index contributed by atoms with van der Waals surface area (Å²) in [5.41, 5.74) is 2.75. The highest BCUT2D eigenvalue weighted by molar-refractivity contribution is 6.00. The molecule has 3 rings (SSSR count). The summed E-state index contributed by atoms with van der Waals surface area (Å²) >= 11 is 0. The molecule has 7 heteroatoms. The largest absolute Gasteiger partial charge is 0.493 e. The molecule has 0 aliphatic carbocycles. The fourth-order valence-electron chi connectivity index (χ4n) is 3.05. The summed E-state index contributed by atoms with van der Waals surface area (Å²) in [4.78, 5) is 25.1. The van der Waals surface area contributed by atoms with Gasteiger partial charge in [-0.3, -0.25) is 4.79 Å². The fraction of sp³-hybridized carbons (Fsp3) is 0.227. The Hall–Kier alpha value is -3.61. The van der Waals surface area contributed by atoms with E-state index < -0.39 is 5.97 Å². The van der Waals surface area contributed by atoms with Crippen LogP contribution >= 0.6 is 0 Å². The van der Waals surface area contributed by atoms with Crippen molar-refractivity contribution in [1.29, 1.82) is 0 Å². The average Bonchev–Trinajstić information content (AvgIpc) is 3.05. The molecule has 0 saturated heterocycles. The molecule has 1 aromatic heterocycles. The lowest BCUT2D eigenvalue weighted by atomic mass is 10.1. The predicted octanol–water partition coefficient (Wildman–Crippen LogP) is 3.55. The van der Waals surface area contributed by atoms with E-state index in [0.29, 0.717) is 34.0 Å². The van der Waals surface area contributed by atoms with Crippen LogP contribution in [0.25, 0.3) is 5.69 Å². The number of hydrogen-bond donors (Lipinski definition) is 0. The summed E-state index contributed by atoms with van der Waals surface area (Å²) in [6, 6.07) is 14.3. The predicted molar refractivity (Wildman–Crippen MR) is 107 cm³/mol. The number of aromatic nitrogens is 2. The van der Waals surface area contributed by atoms with Gasteiger partial charge in [0.15, 0.2) is 23.9 Å². The Kier molecular flexibility index (Phi) is 5.97. The van der Waals surface area contributed by atoms with Crippen LogP contribution in [0.2, 0.25) is 0 Å². The van der Waals surface area contributed by atoms with Gasteiger partial charge in [-0.25, -0.2) is 9.48 Å². The first kappa shape index (κ1) is 20.1. The van der Waals surface area contributed by atoms with Gasteiger partial charge in [-0.1, -0.05) is 18.2 Å². The number of ketones is 1. The molecule has 29 heavy (non-hydrogen) atoms. The highest BCUT2D eigenvalue weighted by atomic mass is 16.5. The van der Waals surface area contributed by atoms with E-state index in [4.69, 9.17) is 14.2 Å². The van der Waals surface area contributed by atoms with Crippen molar-refractivity contribution in [2.24, 2.45) is 0 Å². The van der Waals surface area contributed by atoms with E-state index >= 15 is 0 Å². The highest BCUT2D eigenvalue weighted by Crippen LogP contribution is 2.27. The first-order chi connectivity index (χ1) is 14.0. The normalized spacial score (nSPS) is 10.5. The minimum Gasteiger partial charge on any atom is -0.493 e. The van der Waals surface area contributed by atoms with E-state index in [1.807, 2.05) is 30.3 Å². The molecular weight excluding hydrogens is 372 g/mol. The van der Waals surface area contributed by atoms with Crippen molar-refractivity contribution in [1.82, 2.24) is 9.78 Å². The second-order valence-corrected chi connectivity index (χ2v) is 6.36. The first-order valence-corrected chi connectivity index (χ1v) is 9.00. The van der Waals surface area contributed by atoms with Crippen molar-refractivity contribution in [3.63, 3.8) is 0 Å².